The molecule has 1 heterocycles. The van der Waals surface area contributed by atoms with E-state index in [9.17, 15) is 20.2 Å². The summed E-state index contributed by atoms with van der Waals surface area (Å²) in [5.41, 5.74) is 1.73. The largest absolute Gasteiger partial charge is 0.347 e. The summed E-state index contributed by atoms with van der Waals surface area (Å²) in [7, 11) is 0. The zero-order chi connectivity index (χ0) is 14.9. The highest BCUT2D eigenvalue weighted by Gasteiger charge is 2.26. The Morgan fingerprint density at radius 3 is 2.25 bits per heavy atom. The Labute approximate surface area is 114 Å². The Morgan fingerprint density at radius 1 is 1.00 bits per heavy atom. The summed E-state index contributed by atoms with van der Waals surface area (Å²) in [4.78, 5) is 20.5. The molecule has 2 aromatic rings. The zero-order valence-corrected chi connectivity index (χ0v) is 10.9. The van der Waals surface area contributed by atoms with Crippen molar-refractivity contribution >= 4 is 11.4 Å². The van der Waals surface area contributed by atoms with E-state index in [2.05, 4.69) is 0 Å². The van der Waals surface area contributed by atoms with E-state index < -0.39 is 9.85 Å². The predicted octanol–water partition coefficient (Wildman–Crippen LogP) is 2.40. The van der Waals surface area contributed by atoms with E-state index in [0.717, 1.165) is 17.2 Å². The van der Waals surface area contributed by atoms with Crippen molar-refractivity contribution in [3.63, 3.8) is 0 Å². The van der Waals surface area contributed by atoms with Gasteiger partial charge in [0, 0.05) is 23.8 Å². The maximum absolute atomic E-state index is 11.1. The molecule has 0 saturated carbocycles. The van der Waals surface area contributed by atoms with Crippen LogP contribution in [0.2, 0.25) is 0 Å². The first-order valence-electron chi connectivity index (χ1n) is 5.82. The molecule has 0 fully saturated rings. The molecule has 0 aliphatic rings. The monoisotopic (exact) mass is 274 g/mol. The van der Waals surface area contributed by atoms with Crippen LogP contribution in [0.4, 0.5) is 11.4 Å². The topological polar surface area (TPSA) is 90.2 Å². The number of hydrogen-bond donors (Lipinski definition) is 0. The third-order valence-corrected chi connectivity index (χ3v) is 3.08. The Kier molecular flexibility index (Phi) is 3.43. The second-order valence-corrected chi connectivity index (χ2v) is 4.41. The molecular weight excluding hydrogens is 262 g/mol. The molecule has 0 unspecified atom stereocenters. The highest BCUT2D eigenvalue weighted by atomic mass is 16.6. The lowest BCUT2D eigenvalue weighted by Crippen LogP contribution is -2.31. The van der Waals surface area contributed by atoms with Crippen LogP contribution in [-0.4, -0.2) is 9.85 Å². The van der Waals surface area contributed by atoms with Crippen molar-refractivity contribution in [1.82, 2.24) is 0 Å². The van der Waals surface area contributed by atoms with Crippen LogP contribution in [0.15, 0.2) is 36.7 Å². The number of nitrogens with zero attached hydrogens (tertiary/aromatic N) is 3. The standard InChI is InChI=1S/C13H12N3O4/c1-9-5-6-14(8-10(9)2)12-4-3-11(15(17)18)7-13(12)16(19)20/h3-8H,1-2H3/q+1. The maximum atomic E-state index is 11.1. The quantitative estimate of drug-likeness (QED) is 0.488. The van der Waals surface area contributed by atoms with Gasteiger partial charge >= 0.3 is 5.69 Å². The molecule has 0 amide bonds. The van der Waals surface area contributed by atoms with Gasteiger partial charge in [0.1, 0.15) is 6.07 Å². The average molecular weight is 274 g/mol. The van der Waals surface area contributed by atoms with Crippen LogP contribution in [0.5, 0.6) is 0 Å². The number of pyridine rings is 1. The van der Waals surface area contributed by atoms with Gasteiger partial charge in [0.05, 0.1) is 9.85 Å². The number of rotatable bonds is 3. The van der Waals surface area contributed by atoms with E-state index in [0.29, 0.717) is 5.69 Å². The minimum absolute atomic E-state index is 0.295. The lowest BCUT2D eigenvalue weighted by molar-refractivity contribution is -0.601. The number of nitro groups is 2. The van der Waals surface area contributed by atoms with E-state index >= 15 is 0 Å². The third kappa shape index (κ3) is 2.46. The second-order valence-electron chi connectivity index (χ2n) is 4.41. The van der Waals surface area contributed by atoms with Crippen molar-refractivity contribution in [2.24, 2.45) is 0 Å². The Hall–Kier alpha value is -2.83. The van der Waals surface area contributed by atoms with Crippen molar-refractivity contribution < 1.29 is 14.4 Å². The molecule has 0 saturated heterocycles. The molecular formula is C13H12N3O4+. The van der Waals surface area contributed by atoms with E-state index in [1.54, 1.807) is 17.0 Å². The average Bonchev–Trinajstić information content (AvgIpc) is 2.41. The van der Waals surface area contributed by atoms with E-state index in [1.165, 1.54) is 12.1 Å². The van der Waals surface area contributed by atoms with Crippen LogP contribution >= 0.6 is 0 Å². The molecule has 0 aliphatic heterocycles. The summed E-state index contributed by atoms with van der Waals surface area (Å²) in [6.45, 7) is 3.83. The smallest absolute Gasteiger partial charge is 0.258 e. The highest BCUT2D eigenvalue weighted by Crippen LogP contribution is 2.24. The lowest BCUT2D eigenvalue weighted by Gasteiger charge is -2.01. The number of nitro benzene ring substituents is 2. The van der Waals surface area contributed by atoms with Crippen LogP contribution in [-0.2, 0) is 0 Å². The van der Waals surface area contributed by atoms with Crippen LogP contribution in [0, 0.1) is 34.1 Å². The summed E-state index contributed by atoms with van der Waals surface area (Å²) >= 11 is 0. The third-order valence-electron chi connectivity index (χ3n) is 3.08. The predicted molar refractivity (Wildman–Crippen MR) is 70.8 cm³/mol. The first kappa shape index (κ1) is 13.6. The fraction of sp³-hybridized carbons (Fsp3) is 0.154. The van der Waals surface area contributed by atoms with Crippen molar-refractivity contribution in [2.75, 3.05) is 0 Å². The van der Waals surface area contributed by atoms with Gasteiger partial charge in [-0.05, 0) is 19.4 Å². The van der Waals surface area contributed by atoms with Gasteiger partial charge in [-0.1, -0.05) is 0 Å². The van der Waals surface area contributed by atoms with Crippen molar-refractivity contribution in [2.45, 2.75) is 13.8 Å². The van der Waals surface area contributed by atoms with Gasteiger partial charge in [-0.2, -0.15) is 4.57 Å². The summed E-state index contributed by atoms with van der Waals surface area (Å²) in [5, 5.41) is 21.8. The molecule has 2 rings (SSSR count). The van der Waals surface area contributed by atoms with Crippen molar-refractivity contribution in [3.05, 3.63) is 68.0 Å². The number of aromatic nitrogens is 1. The molecule has 0 spiro atoms. The van der Waals surface area contributed by atoms with Gasteiger partial charge in [-0.25, -0.2) is 0 Å². The Bertz CT molecular complexity index is 713. The SMILES string of the molecule is Cc1cc[n+](-c2ccc([N+](=O)[O-])cc2[N+](=O)[O-])cc1C. The van der Waals surface area contributed by atoms with Crippen LogP contribution in [0.3, 0.4) is 0 Å². The lowest BCUT2D eigenvalue weighted by atomic mass is 10.1. The van der Waals surface area contributed by atoms with Crippen molar-refractivity contribution in [1.29, 1.82) is 0 Å². The molecule has 0 bridgehead atoms. The fourth-order valence-corrected chi connectivity index (χ4v) is 1.82. The minimum atomic E-state index is -0.651. The van der Waals surface area contributed by atoms with E-state index in [-0.39, 0.29) is 11.4 Å². The minimum Gasteiger partial charge on any atom is -0.258 e. The van der Waals surface area contributed by atoms with Crippen LogP contribution < -0.4 is 4.57 Å². The normalized spacial score (nSPS) is 10.3. The Balaban J connectivity index is 2.63. The molecule has 102 valence electrons. The molecule has 1 aromatic carbocycles. The molecule has 0 N–H and O–H groups in total. The van der Waals surface area contributed by atoms with E-state index in [4.69, 9.17) is 0 Å². The number of non-ortho nitro benzene ring substituents is 1. The molecule has 0 aliphatic carbocycles. The molecule has 7 heteroatoms. The van der Waals surface area contributed by atoms with Gasteiger partial charge in [0.15, 0.2) is 12.4 Å². The summed E-state index contributed by atoms with van der Waals surface area (Å²) in [5.74, 6) is 0. The van der Waals surface area contributed by atoms with E-state index in [1.807, 2.05) is 19.9 Å². The second kappa shape index (κ2) is 5.04. The van der Waals surface area contributed by atoms with Gasteiger partial charge in [0.25, 0.3) is 11.4 Å². The summed E-state index contributed by atoms with van der Waals surface area (Å²) < 4.78 is 1.59. The van der Waals surface area contributed by atoms with Gasteiger partial charge in [-0.3, -0.25) is 20.2 Å². The molecule has 0 radical (unpaired) electrons. The maximum Gasteiger partial charge on any atom is 0.347 e. The molecule has 7 nitrogen and oxygen atoms in total. The summed E-state index contributed by atoms with van der Waals surface area (Å²) in [6, 6.07) is 5.44. The number of aryl methyl sites for hydroxylation is 2. The fourth-order valence-electron chi connectivity index (χ4n) is 1.82. The number of benzene rings is 1. The molecule has 20 heavy (non-hydrogen) atoms. The molecule has 0 atom stereocenters. The zero-order valence-electron chi connectivity index (χ0n) is 10.9. The van der Waals surface area contributed by atoms with Crippen LogP contribution in [0.1, 0.15) is 11.1 Å². The first-order chi connectivity index (χ1) is 9.40. The summed E-state index contributed by atoms with van der Waals surface area (Å²) in [6.07, 6.45) is 3.44. The van der Waals surface area contributed by atoms with Gasteiger partial charge in [0.2, 0.25) is 0 Å². The van der Waals surface area contributed by atoms with Crippen LogP contribution in [0.25, 0.3) is 5.69 Å². The first-order valence-corrected chi connectivity index (χ1v) is 5.82. The highest BCUT2D eigenvalue weighted by molar-refractivity contribution is 5.53. The van der Waals surface area contributed by atoms with Crippen molar-refractivity contribution in [3.8, 4) is 5.69 Å². The Morgan fingerprint density at radius 2 is 1.70 bits per heavy atom. The van der Waals surface area contributed by atoms with Gasteiger partial charge < -0.3 is 0 Å². The molecule has 1 aromatic heterocycles. The van der Waals surface area contributed by atoms with Gasteiger partial charge in [-0.15, -0.1) is 0 Å². The number of hydrogen-bond acceptors (Lipinski definition) is 4.